The normalized spacial score (nSPS) is 24.5. The molecule has 1 aromatic rings. The molecule has 5 atom stereocenters. The molecule has 0 radical (unpaired) electrons. The molecule has 0 aliphatic carbocycles. The molecule has 172 valence electrons. The number of amides is 1. The van der Waals surface area contributed by atoms with Gasteiger partial charge in [0.2, 0.25) is 0 Å². The molecule has 2 rings (SSSR count). The Hall–Kier alpha value is -3.70. The predicted octanol–water partition coefficient (Wildman–Crippen LogP) is 1.62. The summed E-state index contributed by atoms with van der Waals surface area (Å²) in [6, 6.07) is 4.91. The summed E-state index contributed by atoms with van der Waals surface area (Å²) >= 11 is 0. The van der Waals surface area contributed by atoms with Crippen molar-refractivity contribution in [3.63, 3.8) is 0 Å². The average Bonchev–Trinajstić information content (AvgIpc) is 2.70. The molecule has 0 N–H and O–H groups in total. The van der Waals surface area contributed by atoms with E-state index < -0.39 is 60.3 Å². The summed E-state index contributed by atoms with van der Waals surface area (Å²) in [5, 5.41) is 3.39. The van der Waals surface area contributed by atoms with Crippen LogP contribution >= 0.6 is 0 Å². The van der Waals surface area contributed by atoms with Crippen molar-refractivity contribution in [2.24, 2.45) is 5.11 Å². The Morgan fingerprint density at radius 1 is 0.969 bits per heavy atom. The maximum Gasteiger partial charge on any atom is 0.303 e. The van der Waals surface area contributed by atoms with E-state index in [1.165, 1.54) is 19.2 Å². The number of likely N-dealkylation sites (N-methyl/N-ethyl adjacent to an activating group) is 1. The molecule has 1 aliphatic rings. The minimum Gasteiger partial charge on any atom is -0.455 e. The fraction of sp³-hybridized carbons (Fsp3) is 0.474. The molecule has 1 saturated heterocycles. The Kier molecular flexibility index (Phi) is 8.10. The van der Waals surface area contributed by atoms with E-state index in [4.69, 9.17) is 24.5 Å². The number of azide groups is 1. The number of rotatable bonds is 6. The first-order chi connectivity index (χ1) is 15.0. The van der Waals surface area contributed by atoms with Crippen LogP contribution in [0.1, 0.15) is 20.8 Å². The van der Waals surface area contributed by atoms with E-state index in [0.29, 0.717) is 0 Å². The summed E-state index contributed by atoms with van der Waals surface area (Å²) in [5.41, 5.74) is 9.17. The molecular weight excluding hydrogens is 431 g/mol. The van der Waals surface area contributed by atoms with Gasteiger partial charge in [0, 0.05) is 38.4 Å². The maximum absolute atomic E-state index is 13.2. The molecule has 12 nitrogen and oxygen atoms in total. The van der Waals surface area contributed by atoms with Crippen LogP contribution in [0.3, 0.4) is 0 Å². The van der Waals surface area contributed by atoms with Crippen LogP contribution < -0.4 is 4.90 Å². The van der Waals surface area contributed by atoms with Crippen LogP contribution in [-0.2, 0) is 38.1 Å². The topological polar surface area (TPSA) is 157 Å². The molecule has 1 fully saturated rings. The third-order valence-electron chi connectivity index (χ3n) is 4.37. The van der Waals surface area contributed by atoms with Gasteiger partial charge in [0.05, 0.1) is 0 Å². The number of anilines is 1. The highest BCUT2D eigenvalue weighted by Crippen LogP contribution is 2.31. The zero-order valence-electron chi connectivity index (χ0n) is 17.6. The van der Waals surface area contributed by atoms with Crippen LogP contribution in [0.4, 0.5) is 10.1 Å². The third-order valence-corrected chi connectivity index (χ3v) is 4.37. The van der Waals surface area contributed by atoms with Crippen LogP contribution in [-0.4, -0.2) is 61.5 Å². The van der Waals surface area contributed by atoms with Gasteiger partial charge in [0.15, 0.2) is 30.6 Å². The number of carbonyl (C=O) groups excluding carboxylic acids is 4. The van der Waals surface area contributed by atoms with Crippen LogP contribution in [0.2, 0.25) is 0 Å². The highest BCUT2D eigenvalue weighted by Gasteiger charge is 2.54. The van der Waals surface area contributed by atoms with E-state index in [0.717, 1.165) is 37.8 Å². The van der Waals surface area contributed by atoms with Crippen molar-refractivity contribution in [1.29, 1.82) is 0 Å². The van der Waals surface area contributed by atoms with Gasteiger partial charge in [-0.3, -0.25) is 19.2 Å². The lowest BCUT2D eigenvalue weighted by Gasteiger charge is -2.43. The Morgan fingerprint density at radius 2 is 1.47 bits per heavy atom. The highest BCUT2D eigenvalue weighted by molar-refractivity contribution is 5.97. The van der Waals surface area contributed by atoms with Gasteiger partial charge in [-0.05, 0) is 29.8 Å². The molecule has 0 saturated carbocycles. The first-order valence-corrected chi connectivity index (χ1v) is 9.29. The van der Waals surface area contributed by atoms with Crippen molar-refractivity contribution in [2.75, 3.05) is 11.9 Å². The molecule has 1 aromatic carbocycles. The van der Waals surface area contributed by atoms with Gasteiger partial charge in [-0.2, -0.15) is 0 Å². The van der Waals surface area contributed by atoms with Crippen LogP contribution in [0, 0.1) is 5.82 Å². The first kappa shape index (κ1) is 24.6. The fourth-order valence-corrected chi connectivity index (χ4v) is 3.12. The lowest BCUT2D eigenvalue weighted by Crippen LogP contribution is -2.64. The van der Waals surface area contributed by atoms with E-state index >= 15 is 0 Å². The minimum absolute atomic E-state index is 0.271. The number of hydrogen-bond acceptors (Lipinski definition) is 9. The summed E-state index contributed by atoms with van der Waals surface area (Å²) < 4.78 is 34.3. The Labute approximate surface area is 181 Å². The lowest BCUT2D eigenvalue weighted by molar-refractivity contribution is -0.242. The fourth-order valence-electron chi connectivity index (χ4n) is 3.12. The number of hydrogen-bond donors (Lipinski definition) is 0. The number of esters is 3. The average molecular weight is 452 g/mol. The SMILES string of the molecule is CC(=O)O[C@H]1[C@H](OC(C)=O)[C@@H](OC(C)=O)C(N=[N+]=[N-])O[C@@H]1C(=O)N(C)c1ccc(F)cc1. The zero-order valence-corrected chi connectivity index (χ0v) is 17.6. The second-order valence-corrected chi connectivity index (χ2v) is 6.75. The van der Waals surface area contributed by atoms with E-state index in [9.17, 15) is 23.6 Å². The summed E-state index contributed by atoms with van der Waals surface area (Å²) in [7, 11) is 1.35. The largest absolute Gasteiger partial charge is 0.455 e. The van der Waals surface area contributed by atoms with Crippen molar-refractivity contribution >= 4 is 29.5 Å². The van der Waals surface area contributed by atoms with Crippen molar-refractivity contribution in [3.05, 3.63) is 40.5 Å². The molecule has 1 amide bonds. The Morgan fingerprint density at radius 3 is 1.97 bits per heavy atom. The van der Waals surface area contributed by atoms with E-state index in [-0.39, 0.29) is 5.69 Å². The monoisotopic (exact) mass is 452 g/mol. The summed E-state index contributed by atoms with van der Waals surface area (Å²) in [6.07, 6.45) is -7.80. The summed E-state index contributed by atoms with van der Waals surface area (Å²) in [5.74, 6) is -3.84. The van der Waals surface area contributed by atoms with E-state index in [2.05, 4.69) is 10.0 Å². The second-order valence-electron chi connectivity index (χ2n) is 6.75. The molecule has 0 spiro atoms. The highest BCUT2D eigenvalue weighted by atomic mass is 19.1. The Balaban J connectivity index is 2.51. The molecule has 0 bridgehead atoms. The Bertz CT molecular complexity index is 934. The van der Waals surface area contributed by atoms with E-state index in [1.54, 1.807) is 0 Å². The number of benzene rings is 1. The molecule has 0 aromatic heterocycles. The van der Waals surface area contributed by atoms with E-state index in [1.807, 2.05) is 0 Å². The molecule has 32 heavy (non-hydrogen) atoms. The van der Waals surface area contributed by atoms with Crippen molar-refractivity contribution in [2.45, 2.75) is 51.4 Å². The van der Waals surface area contributed by atoms with Crippen molar-refractivity contribution < 1.29 is 42.5 Å². The molecule has 1 heterocycles. The van der Waals surface area contributed by atoms with Gasteiger partial charge in [-0.15, -0.1) is 0 Å². The lowest BCUT2D eigenvalue weighted by atomic mass is 9.96. The maximum atomic E-state index is 13.2. The number of carbonyl (C=O) groups is 4. The summed E-state index contributed by atoms with van der Waals surface area (Å²) in [4.78, 5) is 52.0. The van der Waals surface area contributed by atoms with Gasteiger partial charge in [-0.1, -0.05) is 5.11 Å². The van der Waals surface area contributed by atoms with Gasteiger partial charge in [0.1, 0.15) is 5.82 Å². The van der Waals surface area contributed by atoms with Crippen molar-refractivity contribution in [1.82, 2.24) is 0 Å². The summed E-state index contributed by atoms with van der Waals surface area (Å²) in [6.45, 7) is 3.16. The predicted molar refractivity (Wildman–Crippen MR) is 104 cm³/mol. The molecule has 1 aliphatic heterocycles. The quantitative estimate of drug-likeness (QED) is 0.207. The van der Waals surface area contributed by atoms with Crippen LogP contribution in [0.5, 0.6) is 0 Å². The first-order valence-electron chi connectivity index (χ1n) is 9.29. The number of nitrogens with zero attached hydrogens (tertiary/aromatic N) is 4. The van der Waals surface area contributed by atoms with Crippen LogP contribution in [0.25, 0.3) is 10.4 Å². The van der Waals surface area contributed by atoms with Gasteiger partial charge in [0.25, 0.3) is 5.91 Å². The van der Waals surface area contributed by atoms with Gasteiger partial charge >= 0.3 is 17.9 Å². The molecular formula is C19H21FN4O8. The number of halogens is 1. The molecule has 13 heteroatoms. The van der Waals surface area contributed by atoms with Crippen molar-refractivity contribution in [3.8, 4) is 0 Å². The van der Waals surface area contributed by atoms with Gasteiger partial charge < -0.3 is 23.8 Å². The zero-order chi connectivity index (χ0) is 24.0. The second kappa shape index (κ2) is 10.6. The van der Waals surface area contributed by atoms with Crippen LogP contribution in [0.15, 0.2) is 29.4 Å². The molecule has 1 unspecified atom stereocenters. The third kappa shape index (κ3) is 5.93. The minimum atomic E-state index is -1.62. The van der Waals surface area contributed by atoms with Gasteiger partial charge in [-0.25, -0.2) is 4.39 Å². The number of ether oxygens (including phenoxy) is 4. The standard InChI is InChI=1S/C19H21FN4O8/c1-9(25)29-14-15(30-10(2)26)17(32-18(22-23-21)16(14)31-11(3)27)19(28)24(4)13-7-5-12(20)6-8-13/h5-8,14-18H,1-4H3/t14-,15-,16+,17-,18?/m0/s1. The smallest absolute Gasteiger partial charge is 0.303 e.